The molecule has 0 fully saturated rings. The molecule has 0 bridgehead atoms. The van der Waals surface area contributed by atoms with Gasteiger partial charge in [0.2, 0.25) is 0 Å². The number of amides is 1. The van der Waals surface area contributed by atoms with Gasteiger partial charge in [-0.2, -0.15) is 0 Å². The lowest BCUT2D eigenvalue weighted by atomic mass is 10.1. The Labute approximate surface area is 171 Å². The van der Waals surface area contributed by atoms with Crippen molar-refractivity contribution in [2.45, 2.75) is 33.4 Å². The van der Waals surface area contributed by atoms with Crippen LogP contribution in [0.4, 0.5) is 0 Å². The molecule has 0 aliphatic rings. The van der Waals surface area contributed by atoms with Gasteiger partial charge >= 0.3 is 0 Å². The number of hydrogen-bond donors (Lipinski definition) is 1. The third-order valence-electron chi connectivity index (χ3n) is 5.16. The maximum atomic E-state index is 12.7. The van der Waals surface area contributed by atoms with Crippen LogP contribution < -0.4 is 5.32 Å². The molecule has 4 rings (SSSR count). The topological polar surface area (TPSA) is 46.9 Å². The van der Waals surface area contributed by atoms with Crippen molar-refractivity contribution in [1.29, 1.82) is 0 Å². The molecule has 1 unspecified atom stereocenters. The van der Waals surface area contributed by atoms with Crippen molar-refractivity contribution in [2.75, 3.05) is 0 Å². The highest BCUT2D eigenvalue weighted by Crippen LogP contribution is 2.23. The van der Waals surface area contributed by atoms with E-state index in [4.69, 9.17) is 4.98 Å². The van der Waals surface area contributed by atoms with Gasteiger partial charge < -0.3 is 9.88 Å². The quantitative estimate of drug-likeness (QED) is 0.515. The Morgan fingerprint density at radius 3 is 2.48 bits per heavy atom. The molecule has 1 N–H and O–H groups in total. The average Bonchev–Trinajstić information content (AvgIpc) is 3.07. The summed E-state index contributed by atoms with van der Waals surface area (Å²) >= 11 is 0. The van der Waals surface area contributed by atoms with Gasteiger partial charge in [-0.1, -0.05) is 59.7 Å². The summed E-state index contributed by atoms with van der Waals surface area (Å²) in [6, 6.07) is 24.0. The van der Waals surface area contributed by atoms with Crippen LogP contribution in [0.5, 0.6) is 0 Å². The molecule has 0 saturated carbocycles. The number of para-hydroxylation sites is 2. The van der Waals surface area contributed by atoms with E-state index in [0.29, 0.717) is 12.1 Å². The van der Waals surface area contributed by atoms with Crippen molar-refractivity contribution < 1.29 is 4.79 Å². The molecule has 1 heterocycles. The molecule has 4 aromatic rings. The fourth-order valence-corrected chi connectivity index (χ4v) is 3.63. The van der Waals surface area contributed by atoms with Crippen LogP contribution in [-0.4, -0.2) is 15.5 Å². The van der Waals surface area contributed by atoms with E-state index in [1.54, 1.807) is 0 Å². The maximum Gasteiger partial charge on any atom is 0.251 e. The molecule has 1 aromatic heterocycles. The Morgan fingerprint density at radius 1 is 0.966 bits per heavy atom. The van der Waals surface area contributed by atoms with Gasteiger partial charge in [-0.05, 0) is 50.6 Å². The minimum absolute atomic E-state index is 0.0911. The highest BCUT2D eigenvalue weighted by molar-refractivity contribution is 5.94. The summed E-state index contributed by atoms with van der Waals surface area (Å²) in [5.74, 6) is 0.764. The first-order valence-corrected chi connectivity index (χ1v) is 9.89. The minimum Gasteiger partial charge on any atom is -0.342 e. The van der Waals surface area contributed by atoms with Crippen LogP contribution in [0.15, 0.2) is 72.8 Å². The van der Waals surface area contributed by atoms with Gasteiger partial charge in [0.15, 0.2) is 0 Å². The normalized spacial score (nSPS) is 12.1. The van der Waals surface area contributed by atoms with Crippen LogP contribution in [0, 0.1) is 13.8 Å². The van der Waals surface area contributed by atoms with Gasteiger partial charge in [0, 0.05) is 12.1 Å². The zero-order valence-electron chi connectivity index (χ0n) is 17.0. The van der Waals surface area contributed by atoms with Crippen molar-refractivity contribution >= 4 is 16.9 Å². The number of nitrogens with zero attached hydrogens (tertiary/aromatic N) is 2. The molecular formula is C25H25N3O. The molecule has 4 heteroatoms. The van der Waals surface area contributed by atoms with E-state index >= 15 is 0 Å². The number of rotatable bonds is 5. The number of imidazole rings is 1. The summed E-state index contributed by atoms with van der Waals surface area (Å²) in [6.45, 7) is 6.81. The predicted octanol–water partition coefficient (Wildman–Crippen LogP) is 5.19. The lowest BCUT2D eigenvalue weighted by Gasteiger charge is -2.17. The van der Waals surface area contributed by atoms with Crippen LogP contribution in [0.3, 0.4) is 0 Å². The fourth-order valence-electron chi connectivity index (χ4n) is 3.63. The van der Waals surface area contributed by atoms with Gasteiger partial charge in [0.05, 0.1) is 17.1 Å². The molecule has 0 radical (unpaired) electrons. The Kier molecular flexibility index (Phi) is 5.17. The van der Waals surface area contributed by atoms with E-state index in [1.165, 1.54) is 11.1 Å². The van der Waals surface area contributed by atoms with E-state index in [-0.39, 0.29) is 11.9 Å². The maximum absolute atomic E-state index is 12.7. The largest absolute Gasteiger partial charge is 0.342 e. The summed E-state index contributed by atoms with van der Waals surface area (Å²) < 4.78 is 2.20. The second-order valence-electron chi connectivity index (χ2n) is 7.60. The second-order valence-corrected chi connectivity index (χ2v) is 7.60. The number of carbonyl (C=O) groups excluding carboxylic acids is 1. The first-order valence-electron chi connectivity index (χ1n) is 9.89. The molecule has 4 nitrogen and oxygen atoms in total. The third-order valence-corrected chi connectivity index (χ3v) is 5.16. The van der Waals surface area contributed by atoms with Crippen LogP contribution in [-0.2, 0) is 6.54 Å². The molecule has 1 amide bonds. The van der Waals surface area contributed by atoms with Crippen molar-refractivity contribution in [2.24, 2.45) is 0 Å². The van der Waals surface area contributed by atoms with Gasteiger partial charge in [-0.15, -0.1) is 0 Å². The molecule has 0 aliphatic carbocycles. The van der Waals surface area contributed by atoms with Crippen molar-refractivity contribution in [1.82, 2.24) is 14.9 Å². The average molecular weight is 383 g/mol. The number of benzene rings is 3. The van der Waals surface area contributed by atoms with Gasteiger partial charge in [0.1, 0.15) is 5.82 Å². The van der Waals surface area contributed by atoms with E-state index in [0.717, 1.165) is 22.4 Å². The molecular weight excluding hydrogens is 358 g/mol. The lowest BCUT2D eigenvalue weighted by Crippen LogP contribution is -2.28. The molecule has 3 aromatic carbocycles. The lowest BCUT2D eigenvalue weighted by molar-refractivity contribution is 0.0938. The first kappa shape index (κ1) is 18.9. The molecule has 29 heavy (non-hydrogen) atoms. The Balaban J connectivity index is 1.67. The zero-order chi connectivity index (χ0) is 20.4. The zero-order valence-corrected chi connectivity index (χ0v) is 17.0. The number of hydrogen-bond acceptors (Lipinski definition) is 2. The van der Waals surface area contributed by atoms with Crippen LogP contribution in [0.25, 0.3) is 11.0 Å². The van der Waals surface area contributed by atoms with Crippen molar-refractivity contribution in [3.63, 3.8) is 0 Å². The smallest absolute Gasteiger partial charge is 0.251 e. The Morgan fingerprint density at radius 2 is 1.72 bits per heavy atom. The fraction of sp³-hybridized carbons (Fsp3) is 0.200. The first-order chi connectivity index (χ1) is 14.0. The number of aromatic nitrogens is 2. The second kappa shape index (κ2) is 7.92. The summed E-state index contributed by atoms with van der Waals surface area (Å²) in [6.07, 6.45) is 0. The van der Waals surface area contributed by atoms with E-state index in [2.05, 4.69) is 47.1 Å². The van der Waals surface area contributed by atoms with Crippen LogP contribution >= 0.6 is 0 Å². The number of nitrogens with one attached hydrogen (secondary N) is 1. The monoisotopic (exact) mass is 383 g/mol. The highest BCUT2D eigenvalue weighted by Gasteiger charge is 2.19. The summed E-state index contributed by atoms with van der Waals surface area (Å²) in [5, 5.41) is 3.11. The standard InChI is InChI=1S/C25H25N3O/c1-17-11-13-21(14-12-17)25(29)26-19(3)24-27-22-9-4-5-10-23(22)28(24)16-20-8-6-7-18(2)15-20/h4-15,19H,16H2,1-3H3,(H,26,29). The third kappa shape index (κ3) is 4.06. The van der Waals surface area contributed by atoms with Gasteiger partial charge in [-0.3, -0.25) is 4.79 Å². The summed E-state index contributed by atoms with van der Waals surface area (Å²) in [7, 11) is 0. The predicted molar refractivity (Wildman–Crippen MR) is 117 cm³/mol. The number of fused-ring (bicyclic) bond motifs is 1. The van der Waals surface area contributed by atoms with Crippen LogP contribution in [0.2, 0.25) is 0 Å². The molecule has 0 spiro atoms. The van der Waals surface area contributed by atoms with Gasteiger partial charge in [0.25, 0.3) is 5.91 Å². The summed E-state index contributed by atoms with van der Waals surface area (Å²) in [5.41, 5.74) is 6.24. The van der Waals surface area contributed by atoms with Crippen molar-refractivity contribution in [3.8, 4) is 0 Å². The van der Waals surface area contributed by atoms with Crippen LogP contribution in [0.1, 0.15) is 45.8 Å². The van der Waals surface area contributed by atoms with E-state index < -0.39 is 0 Å². The number of carbonyl (C=O) groups is 1. The Bertz CT molecular complexity index is 1160. The molecule has 146 valence electrons. The summed E-state index contributed by atoms with van der Waals surface area (Å²) in [4.78, 5) is 17.6. The SMILES string of the molecule is Cc1ccc(C(=O)NC(C)c2nc3ccccc3n2Cc2cccc(C)c2)cc1. The highest BCUT2D eigenvalue weighted by atomic mass is 16.1. The van der Waals surface area contributed by atoms with E-state index in [1.807, 2.05) is 56.3 Å². The molecule has 1 atom stereocenters. The number of aryl methyl sites for hydroxylation is 2. The van der Waals surface area contributed by atoms with Crippen molar-refractivity contribution in [3.05, 3.63) is 101 Å². The Hall–Kier alpha value is -3.40. The molecule has 0 aliphatic heterocycles. The molecule has 0 saturated heterocycles. The minimum atomic E-state index is -0.221. The van der Waals surface area contributed by atoms with Gasteiger partial charge in [-0.25, -0.2) is 4.98 Å². The van der Waals surface area contributed by atoms with E-state index in [9.17, 15) is 4.79 Å².